The van der Waals surface area contributed by atoms with Gasteiger partial charge in [-0.1, -0.05) is 6.07 Å². The Balaban J connectivity index is 1.70. The highest BCUT2D eigenvalue weighted by molar-refractivity contribution is 5.03. The molecule has 0 fully saturated rings. The van der Waals surface area contributed by atoms with E-state index in [1.165, 1.54) is 0 Å². The molecule has 0 bridgehead atoms. The minimum atomic E-state index is 0.355. The van der Waals surface area contributed by atoms with Crippen molar-refractivity contribution in [3.8, 4) is 0 Å². The van der Waals surface area contributed by atoms with E-state index in [0.717, 1.165) is 38.0 Å². The Morgan fingerprint density at radius 3 is 3.12 bits per heavy atom. The van der Waals surface area contributed by atoms with Crippen molar-refractivity contribution in [1.29, 1.82) is 0 Å². The standard InChI is InChI=1S/C14H20N2O/c1-16(12-14-7-3-5-11-17-14)10-8-13-6-2-4-9-15-13/h2,4-6,9,11,14H,3,7-8,10,12H2,1H3. The van der Waals surface area contributed by atoms with Crippen molar-refractivity contribution in [3.05, 3.63) is 42.4 Å². The SMILES string of the molecule is CN(CCc1ccccn1)CC1CCC=CO1. The molecule has 1 aliphatic heterocycles. The van der Waals surface area contributed by atoms with Crippen LogP contribution < -0.4 is 0 Å². The molecule has 0 aromatic carbocycles. The zero-order chi connectivity index (χ0) is 11.9. The Bertz CT molecular complexity index is 350. The van der Waals surface area contributed by atoms with Gasteiger partial charge in [0.2, 0.25) is 0 Å². The maximum atomic E-state index is 5.56. The van der Waals surface area contributed by atoms with Gasteiger partial charge in [-0.25, -0.2) is 0 Å². The van der Waals surface area contributed by atoms with Crippen molar-refractivity contribution in [2.24, 2.45) is 0 Å². The zero-order valence-corrected chi connectivity index (χ0v) is 10.4. The summed E-state index contributed by atoms with van der Waals surface area (Å²) < 4.78 is 5.56. The smallest absolute Gasteiger partial charge is 0.111 e. The Morgan fingerprint density at radius 2 is 2.41 bits per heavy atom. The fourth-order valence-corrected chi connectivity index (χ4v) is 2.01. The fraction of sp³-hybridized carbons (Fsp3) is 0.500. The maximum absolute atomic E-state index is 5.56. The minimum Gasteiger partial charge on any atom is -0.497 e. The van der Waals surface area contributed by atoms with Gasteiger partial charge < -0.3 is 9.64 Å². The molecule has 1 atom stereocenters. The summed E-state index contributed by atoms with van der Waals surface area (Å²) in [7, 11) is 2.14. The second kappa shape index (κ2) is 6.40. The summed E-state index contributed by atoms with van der Waals surface area (Å²) in [6, 6.07) is 6.07. The number of hydrogen-bond acceptors (Lipinski definition) is 3. The number of allylic oxidation sites excluding steroid dienone is 1. The van der Waals surface area contributed by atoms with Gasteiger partial charge in [0.05, 0.1) is 6.26 Å². The van der Waals surface area contributed by atoms with Crippen molar-refractivity contribution in [2.75, 3.05) is 20.1 Å². The molecule has 3 nitrogen and oxygen atoms in total. The molecule has 2 rings (SSSR count). The van der Waals surface area contributed by atoms with Gasteiger partial charge in [0.25, 0.3) is 0 Å². The van der Waals surface area contributed by atoms with Crippen LogP contribution in [0.25, 0.3) is 0 Å². The van der Waals surface area contributed by atoms with Gasteiger partial charge in [0.15, 0.2) is 0 Å². The average molecular weight is 232 g/mol. The highest BCUT2D eigenvalue weighted by Gasteiger charge is 2.13. The summed E-state index contributed by atoms with van der Waals surface area (Å²) in [5, 5.41) is 0. The molecule has 0 N–H and O–H groups in total. The number of rotatable bonds is 5. The Labute approximate surface area is 103 Å². The lowest BCUT2D eigenvalue weighted by Crippen LogP contribution is -2.32. The molecule has 0 saturated carbocycles. The van der Waals surface area contributed by atoms with Gasteiger partial charge in [-0.15, -0.1) is 0 Å². The molecule has 17 heavy (non-hydrogen) atoms. The van der Waals surface area contributed by atoms with Gasteiger partial charge in [0.1, 0.15) is 6.10 Å². The summed E-state index contributed by atoms with van der Waals surface area (Å²) in [6.07, 6.45) is 9.40. The monoisotopic (exact) mass is 232 g/mol. The molecule has 0 spiro atoms. The van der Waals surface area contributed by atoms with Crippen molar-refractivity contribution in [3.63, 3.8) is 0 Å². The Kier molecular flexibility index (Phi) is 4.56. The first kappa shape index (κ1) is 12.1. The van der Waals surface area contributed by atoms with E-state index >= 15 is 0 Å². The predicted molar refractivity (Wildman–Crippen MR) is 68.7 cm³/mol. The largest absolute Gasteiger partial charge is 0.497 e. The summed E-state index contributed by atoms with van der Waals surface area (Å²) in [5.74, 6) is 0. The van der Waals surface area contributed by atoms with Gasteiger partial charge in [-0.2, -0.15) is 0 Å². The lowest BCUT2D eigenvalue weighted by atomic mass is 10.1. The van der Waals surface area contributed by atoms with Gasteiger partial charge in [-0.3, -0.25) is 4.98 Å². The van der Waals surface area contributed by atoms with E-state index in [1.807, 2.05) is 24.6 Å². The number of pyridine rings is 1. The molecule has 92 valence electrons. The molecule has 2 heterocycles. The molecule has 1 aliphatic rings. The lowest BCUT2D eigenvalue weighted by Gasteiger charge is -2.25. The molecular weight excluding hydrogens is 212 g/mol. The fourth-order valence-electron chi connectivity index (χ4n) is 2.01. The summed E-state index contributed by atoms with van der Waals surface area (Å²) in [6.45, 7) is 2.03. The summed E-state index contributed by atoms with van der Waals surface area (Å²) in [5.41, 5.74) is 1.16. The van der Waals surface area contributed by atoms with Crippen LogP contribution in [0.2, 0.25) is 0 Å². The molecule has 0 aliphatic carbocycles. The van der Waals surface area contributed by atoms with Crippen LogP contribution in [0.15, 0.2) is 36.7 Å². The zero-order valence-electron chi connectivity index (χ0n) is 10.4. The lowest BCUT2D eigenvalue weighted by molar-refractivity contribution is 0.0885. The second-order valence-corrected chi connectivity index (χ2v) is 4.54. The molecule has 0 amide bonds. The number of ether oxygens (including phenoxy) is 1. The van der Waals surface area contributed by atoms with Crippen LogP contribution in [-0.2, 0) is 11.2 Å². The minimum absolute atomic E-state index is 0.355. The predicted octanol–water partition coefficient (Wildman–Crippen LogP) is 2.25. The van der Waals surface area contributed by atoms with Crippen LogP contribution in [0.4, 0.5) is 0 Å². The van der Waals surface area contributed by atoms with Crippen LogP contribution in [0.3, 0.4) is 0 Å². The van der Waals surface area contributed by atoms with E-state index in [-0.39, 0.29) is 0 Å². The molecule has 1 unspecified atom stereocenters. The maximum Gasteiger partial charge on any atom is 0.111 e. The number of hydrogen-bond donors (Lipinski definition) is 0. The molecular formula is C14H20N2O. The van der Waals surface area contributed by atoms with Gasteiger partial charge in [-0.05, 0) is 38.1 Å². The van der Waals surface area contributed by atoms with Crippen molar-refractivity contribution < 1.29 is 4.74 Å². The van der Waals surface area contributed by atoms with E-state index < -0.39 is 0 Å². The van der Waals surface area contributed by atoms with Gasteiger partial charge in [0, 0.05) is 31.4 Å². The van der Waals surface area contributed by atoms with Crippen molar-refractivity contribution in [1.82, 2.24) is 9.88 Å². The van der Waals surface area contributed by atoms with E-state index in [1.54, 1.807) is 0 Å². The first-order valence-corrected chi connectivity index (χ1v) is 6.23. The first-order chi connectivity index (χ1) is 8.34. The van der Waals surface area contributed by atoms with Crippen molar-refractivity contribution in [2.45, 2.75) is 25.4 Å². The number of likely N-dealkylation sites (N-methyl/N-ethyl adjacent to an activating group) is 1. The molecule has 1 aromatic rings. The van der Waals surface area contributed by atoms with Crippen LogP contribution in [0, 0.1) is 0 Å². The number of aromatic nitrogens is 1. The molecule has 3 heteroatoms. The normalized spacial score (nSPS) is 19.3. The molecule has 0 radical (unpaired) electrons. The Morgan fingerprint density at radius 1 is 1.47 bits per heavy atom. The van der Waals surface area contributed by atoms with Crippen LogP contribution in [-0.4, -0.2) is 36.1 Å². The molecule has 1 aromatic heterocycles. The van der Waals surface area contributed by atoms with E-state index in [4.69, 9.17) is 4.74 Å². The third-order valence-electron chi connectivity index (χ3n) is 3.01. The van der Waals surface area contributed by atoms with E-state index in [0.29, 0.717) is 6.10 Å². The van der Waals surface area contributed by atoms with Crippen LogP contribution in [0.5, 0.6) is 0 Å². The van der Waals surface area contributed by atoms with Crippen LogP contribution >= 0.6 is 0 Å². The first-order valence-electron chi connectivity index (χ1n) is 6.23. The van der Waals surface area contributed by atoms with Crippen molar-refractivity contribution >= 4 is 0 Å². The van der Waals surface area contributed by atoms with E-state index in [2.05, 4.69) is 29.1 Å². The van der Waals surface area contributed by atoms with Gasteiger partial charge >= 0.3 is 0 Å². The summed E-state index contributed by atoms with van der Waals surface area (Å²) in [4.78, 5) is 6.65. The summed E-state index contributed by atoms with van der Waals surface area (Å²) >= 11 is 0. The van der Waals surface area contributed by atoms with Crippen LogP contribution in [0.1, 0.15) is 18.5 Å². The Hall–Kier alpha value is -1.35. The highest BCUT2D eigenvalue weighted by atomic mass is 16.5. The quantitative estimate of drug-likeness (QED) is 0.778. The third-order valence-corrected chi connectivity index (χ3v) is 3.01. The second-order valence-electron chi connectivity index (χ2n) is 4.54. The molecule has 0 saturated heterocycles. The number of nitrogens with zero attached hydrogens (tertiary/aromatic N) is 2. The highest BCUT2D eigenvalue weighted by Crippen LogP contribution is 2.11. The third kappa shape index (κ3) is 4.19. The topological polar surface area (TPSA) is 25.4 Å². The van der Waals surface area contributed by atoms with E-state index in [9.17, 15) is 0 Å². The average Bonchev–Trinajstić information content (AvgIpc) is 2.39.